The number of fused-ring (bicyclic) bond motifs is 1. The van der Waals surface area contributed by atoms with Gasteiger partial charge in [0.1, 0.15) is 12.3 Å². The molecule has 0 aliphatic carbocycles. The molecule has 2 rings (SSSR count). The molecule has 0 aromatic carbocycles. The SMILES string of the molecule is CC1COc2c(cnnc2Cl)N1C. The molecular formula is C8H10ClN3O. The van der Waals surface area contributed by atoms with E-state index in [1.54, 1.807) is 6.20 Å². The maximum Gasteiger partial charge on any atom is 0.195 e. The predicted molar refractivity (Wildman–Crippen MR) is 50.4 cm³/mol. The van der Waals surface area contributed by atoms with Crippen molar-refractivity contribution in [2.75, 3.05) is 18.6 Å². The van der Waals surface area contributed by atoms with Crippen LogP contribution in [-0.2, 0) is 0 Å². The van der Waals surface area contributed by atoms with Crippen molar-refractivity contribution in [3.05, 3.63) is 11.3 Å². The van der Waals surface area contributed by atoms with E-state index in [0.29, 0.717) is 23.6 Å². The highest BCUT2D eigenvalue weighted by atomic mass is 35.5. The number of ether oxygens (including phenoxy) is 1. The summed E-state index contributed by atoms with van der Waals surface area (Å²) >= 11 is 5.83. The molecule has 0 spiro atoms. The summed E-state index contributed by atoms with van der Waals surface area (Å²) in [6.07, 6.45) is 1.66. The quantitative estimate of drug-likeness (QED) is 0.632. The lowest BCUT2D eigenvalue weighted by molar-refractivity contribution is 0.273. The molecule has 0 bridgehead atoms. The van der Waals surface area contributed by atoms with E-state index in [4.69, 9.17) is 16.3 Å². The summed E-state index contributed by atoms with van der Waals surface area (Å²) in [4.78, 5) is 2.08. The van der Waals surface area contributed by atoms with Crippen LogP contribution in [0.4, 0.5) is 5.69 Å². The highest BCUT2D eigenvalue weighted by Crippen LogP contribution is 2.36. The number of hydrogen-bond acceptors (Lipinski definition) is 4. The second-order valence-electron chi connectivity index (χ2n) is 3.12. The Morgan fingerprint density at radius 1 is 1.69 bits per heavy atom. The van der Waals surface area contributed by atoms with Gasteiger partial charge in [0.15, 0.2) is 10.9 Å². The molecule has 0 saturated carbocycles. The molecule has 4 nitrogen and oxygen atoms in total. The minimum atomic E-state index is 0.330. The number of rotatable bonds is 0. The predicted octanol–water partition coefficient (Wildman–Crippen LogP) is 1.35. The molecule has 1 atom stereocenters. The van der Waals surface area contributed by atoms with E-state index in [-0.39, 0.29) is 0 Å². The monoisotopic (exact) mass is 199 g/mol. The van der Waals surface area contributed by atoms with Gasteiger partial charge in [-0.1, -0.05) is 11.6 Å². The zero-order valence-electron chi connectivity index (χ0n) is 7.49. The first-order chi connectivity index (χ1) is 6.20. The molecule has 0 fully saturated rings. The fourth-order valence-corrected chi connectivity index (χ4v) is 1.48. The van der Waals surface area contributed by atoms with Gasteiger partial charge < -0.3 is 9.64 Å². The second-order valence-corrected chi connectivity index (χ2v) is 3.48. The van der Waals surface area contributed by atoms with Gasteiger partial charge in [-0.05, 0) is 6.92 Å². The average molecular weight is 200 g/mol. The van der Waals surface area contributed by atoms with Gasteiger partial charge in [-0.2, -0.15) is 5.10 Å². The number of anilines is 1. The van der Waals surface area contributed by atoms with Crippen LogP contribution in [0.3, 0.4) is 0 Å². The van der Waals surface area contributed by atoms with Gasteiger partial charge in [0.25, 0.3) is 0 Å². The van der Waals surface area contributed by atoms with Gasteiger partial charge in [0.05, 0.1) is 12.2 Å². The molecule has 1 aromatic heterocycles. The van der Waals surface area contributed by atoms with E-state index < -0.39 is 0 Å². The summed E-state index contributed by atoms with van der Waals surface area (Å²) in [6, 6.07) is 0.341. The smallest absolute Gasteiger partial charge is 0.195 e. The summed E-state index contributed by atoms with van der Waals surface area (Å²) in [7, 11) is 1.99. The number of likely N-dealkylation sites (N-methyl/N-ethyl adjacent to an activating group) is 1. The van der Waals surface area contributed by atoms with Crippen LogP contribution in [0.1, 0.15) is 6.92 Å². The Labute approximate surface area is 81.5 Å². The van der Waals surface area contributed by atoms with Crippen molar-refractivity contribution < 1.29 is 4.74 Å². The fraction of sp³-hybridized carbons (Fsp3) is 0.500. The molecular weight excluding hydrogens is 190 g/mol. The molecule has 0 saturated heterocycles. The van der Waals surface area contributed by atoms with Crippen LogP contribution in [0.15, 0.2) is 6.20 Å². The van der Waals surface area contributed by atoms with Gasteiger partial charge >= 0.3 is 0 Å². The second kappa shape index (κ2) is 3.03. The molecule has 1 aromatic rings. The molecule has 70 valence electrons. The summed E-state index contributed by atoms with van der Waals surface area (Å²) < 4.78 is 5.46. The number of hydrogen-bond donors (Lipinski definition) is 0. The Morgan fingerprint density at radius 3 is 3.23 bits per heavy atom. The molecule has 1 aliphatic rings. The Kier molecular flexibility index (Phi) is 2.00. The first-order valence-corrected chi connectivity index (χ1v) is 4.44. The molecule has 0 N–H and O–H groups in total. The van der Waals surface area contributed by atoms with Crippen molar-refractivity contribution >= 4 is 17.3 Å². The first kappa shape index (κ1) is 8.56. The topological polar surface area (TPSA) is 38.3 Å². The van der Waals surface area contributed by atoms with E-state index in [0.717, 1.165) is 5.69 Å². The first-order valence-electron chi connectivity index (χ1n) is 4.07. The minimum Gasteiger partial charge on any atom is -0.486 e. The Hall–Kier alpha value is -1.03. The van der Waals surface area contributed by atoms with Gasteiger partial charge in [-0.15, -0.1) is 5.10 Å². The Bertz CT molecular complexity index is 331. The van der Waals surface area contributed by atoms with Gasteiger partial charge in [0, 0.05) is 7.05 Å². The molecule has 1 unspecified atom stereocenters. The maximum absolute atomic E-state index is 5.83. The summed E-state index contributed by atoms with van der Waals surface area (Å²) in [5, 5.41) is 7.82. The fourth-order valence-electron chi connectivity index (χ4n) is 1.28. The van der Waals surface area contributed by atoms with Gasteiger partial charge in [0.2, 0.25) is 0 Å². The van der Waals surface area contributed by atoms with Crippen LogP contribution in [0.25, 0.3) is 0 Å². The van der Waals surface area contributed by atoms with Crippen LogP contribution in [0.5, 0.6) is 5.75 Å². The third-order valence-electron chi connectivity index (χ3n) is 2.26. The van der Waals surface area contributed by atoms with Crippen molar-refractivity contribution in [1.29, 1.82) is 0 Å². The normalized spacial score (nSPS) is 20.8. The lowest BCUT2D eigenvalue weighted by Gasteiger charge is -2.32. The van der Waals surface area contributed by atoms with Crippen LogP contribution in [0.2, 0.25) is 5.15 Å². The Balaban J connectivity index is 2.49. The van der Waals surface area contributed by atoms with E-state index in [2.05, 4.69) is 22.0 Å². The van der Waals surface area contributed by atoms with Crippen molar-refractivity contribution in [3.63, 3.8) is 0 Å². The number of nitrogens with zero attached hydrogens (tertiary/aromatic N) is 3. The van der Waals surface area contributed by atoms with Gasteiger partial charge in [-0.25, -0.2) is 0 Å². The van der Waals surface area contributed by atoms with Crippen molar-refractivity contribution in [2.24, 2.45) is 0 Å². The third kappa shape index (κ3) is 1.31. The van der Waals surface area contributed by atoms with E-state index in [1.807, 2.05) is 7.05 Å². The van der Waals surface area contributed by atoms with Crippen molar-refractivity contribution in [2.45, 2.75) is 13.0 Å². The van der Waals surface area contributed by atoms with Crippen molar-refractivity contribution in [1.82, 2.24) is 10.2 Å². The largest absolute Gasteiger partial charge is 0.486 e. The maximum atomic E-state index is 5.83. The summed E-state index contributed by atoms with van der Waals surface area (Å²) in [5.41, 5.74) is 0.902. The van der Waals surface area contributed by atoms with Crippen LogP contribution < -0.4 is 9.64 Å². The average Bonchev–Trinajstić information content (AvgIpc) is 2.12. The molecule has 13 heavy (non-hydrogen) atoms. The minimum absolute atomic E-state index is 0.330. The Morgan fingerprint density at radius 2 is 2.46 bits per heavy atom. The lowest BCUT2D eigenvalue weighted by Crippen LogP contribution is -2.38. The highest BCUT2D eigenvalue weighted by molar-refractivity contribution is 6.31. The summed E-state index contributed by atoms with van der Waals surface area (Å²) in [6.45, 7) is 2.71. The van der Waals surface area contributed by atoms with Crippen LogP contribution >= 0.6 is 11.6 Å². The molecule has 5 heteroatoms. The molecule has 0 amide bonds. The van der Waals surface area contributed by atoms with Crippen LogP contribution in [0, 0.1) is 0 Å². The van der Waals surface area contributed by atoms with E-state index in [1.165, 1.54) is 0 Å². The zero-order chi connectivity index (χ0) is 9.42. The number of aromatic nitrogens is 2. The number of halogens is 1. The zero-order valence-corrected chi connectivity index (χ0v) is 8.25. The molecule has 2 heterocycles. The standard InChI is InChI=1S/C8H10ClN3O/c1-5-4-13-7-6(12(5)2)3-10-11-8(7)9/h3,5H,4H2,1-2H3. The van der Waals surface area contributed by atoms with Gasteiger partial charge in [-0.3, -0.25) is 0 Å². The lowest BCUT2D eigenvalue weighted by atomic mass is 10.2. The van der Waals surface area contributed by atoms with Crippen molar-refractivity contribution in [3.8, 4) is 5.75 Å². The highest BCUT2D eigenvalue weighted by Gasteiger charge is 2.24. The molecule has 1 aliphatic heterocycles. The van der Waals surface area contributed by atoms with Crippen LogP contribution in [-0.4, -0.2) is 29.9 Å². The molecule has 0 radical (unpaired) electrons. The van der Waals surface area contributed by atoms with E-state index >= 15 is 0 Å². The summed E-state index contributed by atoms with van der Waals surface area (Å²) in [5.74, 6) is 0.636. The van der Waals surface area contributed by atoms with E-state index in [9.17, 15) is 0 Å². The third-order valence-corrected chi connectivity index (χ3v) is 2.50.